The molecule has 0 aliphatic heterocycles. The molecular weight excluding hydrogens is 156 g/mol. The zero-order valence-corrected chi connectivity index (χ0v) is 6.06. The number of halogens is 2. The van der Waals surface area contributed by atoms with Gasteiger partial charge in [-0.15, -0.1) is 0 Å². The predicted molar refractivity (Wildman–Crippen MR) is 36.1 cm³/mol. The van der Waals surface area contributed by atoms with E-state index >= 15 is 0 Å². The summed E-state index contributed by atoms with van der Waals surface area (Å²) in [5.74, 6) is 0. The molecule has 0 amide bonds. The third kappa shape index (κ3) is 5.75. The van der Waals surface area contributed by atoms with E-state index in [0.29, 0.717) is 0 Å². The summed E-state index contributed by atoms with van der Waals surface area (Å²) < 4.78 is 32.9. The Hall–Kier alpha value is -0.680. The Kier molecular flexibility index (Phi) is 4.72. The van der Waals surface area contributed by atoms with E-state index in [1.54, 1.807) is 0 Å². The minimum absolute atomic E-state index is 0.0547. The van der Waals surface area contributed by atoms with Crippen molar-refractivity contribution in [3.63, 3.8) is 0 Å². The molecule has 0 atom stereocenters. The topological polar surface area (TPSA) is 44.5 Å². The van der Waals surface area contributed by atoms with Crippen molar-refractivity contribution < 1.29 is 18.3 Å². The highest BCUT2D eigenvalue weighted by atomic mass is 19.3. The first-order chi connectivity index (χ1) is 5.12. The second kappa shape index (κ2) is 5.03. The molecule has 0 aliphatic carbocycles. The summed E-state index contributed by atoms with van der Waals surface area (Å²) in [5, 5.41) is 0. The molecule has 0 heterocycles. The van der Waals surface area contributed by atoms with Gasteiger partial charge in [0.1, 0.15) is 6.61 Å². The summed E-state index contributed by atoms with van der Waals surface area (Å²) in [6.07, 6.45) is -2.09. The van der Waals surface area contributed by atoms with Gasteiger partial charge in [0.15, 0.2) is 0 Å². The minimum atomic E-state index is -3.25. The fourth-order valence-corrected chi connectivity index (χ4v) is 0.381. The second-order valence-corrected chi connectivity index (χ2v) is 1.73. The third-order valence-corrected chi connectivity index (χ3v) is 0.870. The summed E-state index contributed by atoms with van der Waals surface area (Å²) in [5.41, 5.74) is 4.69. The summed E-state index contributed by atoms with van der Waals surface area (Å²) in [4.78, 5) is 0. The van der Waals surface area contributed by atoms with Gasteiger partial charge >= 0.3 is 6.11 Å². The molecule has 2 N–H and O–H groups in total. The number of hydrogen-bond acceptors (Lipinski definition) is 3. The second-order valence-electron chi connectivity index (χ2n) is 1.73. The van der Waals surface area contributed by atoms with Crippen molar-refractivity contribution in [1.82, 2.24) is 0 Å². The van der Waals surface area contributed by atoms with Crippen LogP contribution in [-0.4, -0.2) is 25.9 Å². The number of alkyl halides is 2. The van der Waals surface area contributed by atoms with Gasteiger partial charge in [0, 0.05) is 0 Å². The van der Waals surface area contributed by atoms with E-state index < -0.39 is 12.7 Å². The lowest BCUT2D eigenvalue weighted by Crippen LogP contribution is -2.32. The molecule has 0 rings (SSSR count). The smallest absolute Gasteiger partial charge is 0.368 e. The highest BCUT2D eigenvalue weighted by Crippen LogP contribution is 2.11. The summed E-state index contributed by atoms with van der Waals surface area (Å²) in [6.45, 7) is 2.26. The van der Waals surface area contributed by atoms with Crippen LogP contribution < -0.4 is 5.73 Å². The maximum absolute atomic E-state index is 12.2. The average Bonchev–Trinajstić information content (AvgIpc) is 1.99. The van der Waals surface area contributed by atoms with Crippen LogP contribution in [0.4, 0.5) is 8.78 Å². The van der Waals surface area contributed by atoms with E-state index in [1.807, 2.05) is 0 Å². The van der Waals surface area contributed by atoms with Crippen molar-refractivity contribution in [2.45, 2.75) is 6.11 Å². The Morgan fingerprint density at radius 3 is 2.55 bits per heavy atom. The van der Waals surface area contributed by atoms with Gasteiger partial charge in [0.05, 0.1) is 19.4 Å². The molecule has 0 saturated carbocycles. The lowest BCUT2D eigenvalue weighted by atomic mass is 10.6. The van der Waals surface area contributed by atoms with Crippen LogP contribution in [0.5, 0.6) is 0 Å². The molecule has 0 unspecified atom stereocenters. The van der Waals surface area contributed by atoms with E-state index in [2.05, 4.69) is 21.8 Å². The number of hydrogen-bond donors (Lipinski definition) is 1. The van der Waals surface area contributed by atoms with Crippen molar-refractivity contribution in [2.24, 2.45) is 5.73 Å². The summed E-state index contributed by atoms with van der Waals surface area (Å²) in [6, 6.07) is 0. The fraction of sp³-hybridized carbons (Fsp3) is 0.667. The predicted octanol–water partition coefficient (Wildman–Crippen LogP) is 0.715. The van der Waals surface area contributed by atoms with Crippen molar-refractivity contribution in [3.05, 3.63) is 12.8 Å². The zero-order chi connectivity index (χ0) is 8.74. The molecule has 0 bridgehead atoms. The lowest BCUT2D eigenvalue weighted by molar-refractivity contribution is -0.233. The van der Waals surface area contributed by atoms with Gasteiger partial charge in [-0.2, -0.15) is 8.78 Å². The largest absolute Gasteiger partial charge is 0.499 e. The lowest BCUT2D eigenvalue weighted by Gasteiger charge is -2.13. The molecule has 11 heavy (non-hydrogen) atoms. The highest BCUT2D eigenvalue weighted by molar-refractivity contribution is 4.53. The van der Waals surface area contributed by atoms with E-state index in [0.717, 1.165) is 6.26 Å². The van der Waals surface area contributed by atoms with Gasteiger partial charge < -0.3 is 15.2 Å². The van der Waals surface area contributed by atoms with Gasteiger partial charge in [-0.05, 0) is 0 Å². The molecule has 0 spiro atoms. The molecule has 5 heteroatoms. The monoisotopic (exact) mass is 167 g/mol. The van der Waals surface area contributed by atoms with Crippen LogP contribution in [0.1, 0.15) is 0 Å². The van der Waals surface area contributed by atoms with E-state index in [-0.39, 0.29) is 13.2 Å². The molecule has 0 fully saturated rings. The van der Waals surface area contributed by atoms with Crippen molar-refractivity contribution in [3.8, 4) is 0 Å². The first kappa shape index (κ1) is 10.3. The van der Waals surface area contributed by atoms with Crippen LogP contribution in [0, 0.1) is 0 Å². The Bertz CT molecular complexity index is 119. The third-order valence-electron chi connectivity index (χ3n) is 0.870. The molecule has 0 aliphatic rings. The van der Waals surface area contributed by atoms with Gasteiger partial charge in [-0.1, -0.05) is 6.58 Å². The normalized spacial score (nSPS) is 11.2. The molecule has 0 aromatic rings. The van der Waals surface area contributed by atoms with Crippen LogP contribution in [0.15, 0.2) is 12.8 Å². The van der Waals surface area contributed by atoms with E-state index in [9.17, 15) is 8.78 Å². The van der Waals surface area contributed by atoms with Crippen LogP contribution in [0.3, 0.4) is 0 Å². The fourth-order valence-electron chi connectivity index (χ4n) is 0.381. The van der Waals surface area contributed by atoms with Crippen LogP contribution >= 0.6 is 0 Å². The van der Waals surface area contributed by atoms with E-state index in [1.165, 1.54) is 0 Å². The first-order valence-corrected chi connectivity index (χ1v) is 3.07. The van der Waals surface area contributed by atoms with Crippen LogP contribution in [-0.2, 0) is 9.47 Å². The molecule has 0 saturated heterocycles. The highest BCUT2D eigenvalue weighted by Gasteiger charge is 2.26. The van der Waals surface area contributed by atoms with Crippen LogP contribution in [0.2, 0.25) is 0 Å². The number of rotatable bonds is 6. The Morgan fingerprint density at radius 1 is 1.45 bits per heavy atom. The summed E-state index contributed by atoms with van der Waals surface area (Å²) >= 11 is 0. The van der Waals surface area contributed by atoms with Crippen molar-refractivity contribution in [1.29, 1.82) is 0 Å². The Balaban J connectivity index is 3.29. The van der Waals surface area contributed by atoms with Crippen LogP contribution in [0.25, 0.3) is 0 Å². The standard InChI is InChI=1S/C6H11F2NO2/c1-2-10-3-4-11-6(7,8)5-9/h2H,1,3-5,9H2. The van der Waals surface area contributed by atoms with Gasteiger partial charge in [0.25, 0.3) is 0 Å². The Morgan fingerprint density at radius 2 is 2.09 bits per heavy atom. The molecule has 0 radical (unpaired) electrons. The summed E-state index contributed by atoms with van der Waals surface area (Å²) in [7, 11) is 0. The maximum atomic E-state index is 12.2. The minimum Gasteiger partial charge on any atom is -0.499 e. The molecule has 0 aromatic carbocycles. The maximum Gasteiger partial charge on any atom is 0.368 e. The van der Waals surface area contributed by atoms with Crippen molar-refractivity contribution in [2.75, 3.05) is 19.8 Å². The first-order valence-electron chi connectivity index (χ1n) is 3.07. The van der Waals surface area contributed by atoms with Gasteiger partial charge in [-0.3, -0.25) is 0 Å². The molecular formula is C6H11F2NO2. The van der Waals surface area contributed by atoms with Gasteiger partial charge in [-0.25, -0.2) is 0 Å². The molecule has 3 nitrogen and oxygen atoms in total. The van der Waals surface area contributed by atoms with Crippen molar-refractivity contribution >= 4 is 0 Å². The zero-order valence-electron chi connectivity index (χ0n) is 6.06. The van der Waals surface area contributed by atoms with Gasteiger partial charge in [0.2, 0.25) is 0 Å². The molecule has 0 aromatic heterocycles. The van der Waals surface area contributed by atoms with E-state index in [4.69, 9.17) is 0 Å². The number of nitrogens with two attached hydrogens (primary N) is 1. The number of ether oxygens (including phenoxy) is 2. The molecule has 66 valence electrons. The quantitative estimate of drug-likeness (QED) is 0.468. The Labute approximate surface area is 63.8 Å². The SMILES string of the molecule is C=COCCOC(F)(F)CN. The average molecular weight is 167 g/mol.